The molecule has 1 aliphatic heterocycles. The third-order valence-corrected chi connectivity index (χ3v) is 4.13. The largest absolute Gasteiger partial charge is 0.493 e. The standard InChI is InChI=1S/C17H27NO/c1-13(2)16(7-3-4-10-18)14-8-9-17-15(12-14)6-5-11-19-17/h8-9,12-13,16H,3-7,10-11,18H2,1-2H3. The maximum absolute atomic E-state index is 5.70. The second-order valence-corrected chi connectivity index (χ2v) is 5.95. The Morgan fingerprint density at radius 3 is 2.84 bits per heavy atom. The number of hydrogen-bond acceptors (Lipinski definition) is 2. The van der Waals surface area contributed by atoms with Crippen molar-refractivity contribution in [2.45, 2.75) is 51.9 Å². The molecule has 106 valence electrons. The summed E-state index contributed by atoms with van der Waals surface area (Å²) in [5, 5.41) is 0. The molecule has 0 aromatic heterocycles. The van der Waals surface area contributed by atoms with Gasteiger partial charge in [0.25, 0.3) is 0 Å². The summed E-state index contributed by atoms with van der Waals surface area (Å²) >= 11 is 0. The summed E-state index contributed by atoms with van der Waals surface area (Å²) in [6.45, 7) is 6.32. The Morgan fingerprint density at radius 2 is 2.11 bits per heavy atom. The van der Waals surface area contributed by atoms with E-state index in [1.807, 2.05) is 0 Å². The molecule has 2 N–H and O–H groups in total. The smallest absolute Gasteiger partial charge is 0.122 e. The lowest BCUT2D eigenvalue weighted by atomic mass is 9.83. The number of ether oxygens (including phenoxy) is 1. The average molecular weight is 261 g/mol. The van der Waals surface area contributed by atoms with Crippen LogP contribution in [0.4, 0.5) is 0 Å². The molecule has 19 heavy (non-hydrogen) atoms. The monoisotopic (exact) mass is 261 g/mol. The highest BCUT2D eigenvalue weighted by Gasteiger charge is 2.18. The Balaban J connectivity index is 2.12. The zero-order chi connectivity index (χ0) is 13.7. The van der Waals surface area contributed by atoms with E-state index in [1.165, 1.54) is 24.0 Å². The lowest BCUT2D eigenvalue weighted by Gasteiger charge is -2.24. The molecule has 0 saturated carbocycles. The van der Waals surface area contributed by atoms with Crippen molar-refractivity contribution in [3.05, 3.63) is 29.3 Å². The predicted molar refractivity (Wildman–Crippen MR) is 80.7 cm³/mol. The number of hydrogen-bond donors (Lipinski definition) is 1. The van der Waals surface area contributed by atoms with Gasteiger partial charge in [0.2, 0.25) is 0 Å². The molecule has 1 atom stereocenters. The molecular formula is C17H27NO. The molecule has 2 heteroatoms. The van der Waals surface area contributed by atoms with Gasteiger partial charge in [-0.15, -0.1) is 0 Å². The van der Waals surface area contributed by atoms with Crippen LogP contribution in [0.5, 0.6) is 5.75 Å². The van der Waals surface area contributed by atoms with E-state index in [1.54, 1.807) is 0 Å². The van der Waals surface area contributed by atoms with E-state index < -0.39 is 0 Å². The summed E-state index contributed by atoms with van der Waals surface area (Å²) in [7, 11) is 0. The minimum absolute atomic E-state index is 0.652. The summed E-state index contributed by atoms with van der Waals surface area (Å²) < 4.78 is 5.70. The highest BCUT2D eigenvalue weighted by Crippen LogP contribution is 2.34. The third-order valence-electron chi connectivity index (χ3n) is 4.13. The van der Waals surface area contributed by atoms with Crippen LogP contribution in [0.25, 0.3) is 0 Å². The molecule has 1 aromatic rings. The van der Waals surface area contributed by atoms with Gasteiger partial charge in [-0.3, -0.25) is 0 Å². The van der Waals surface area contributed by atoms with Gasteiger partial charge in [-0.05, 0) is 61.3 Å². The van der Waals surface area contributed by atoms with E-state index in [4.69, 9.17) is 10.5 Å². The number of fused-ring (bicyclic) bond motifs is 1. The Morgan fingerprint density at radius 1 is 1.26 bits per heavy atom. The zero-order valence-corrected chi connectivity index (χ0v) is 12.3. The van der Waals surface area contributed by atoms with Crippen molar-refractivity contribution in [1.82, 2.24) is 0 Å². The number of nitrogens with two attached hydrogens (primary N) is 1. The molecule has 0 fully saturated rings. The first-order chi connectivity index (χ1) is 9.22. The van der Waals surface area contributed by atoms with Crippen LogP contribution >= 0.6 is 0 Å². The van der Waals surface area contributed by atoms with E-state index >= 15 is 0 Å². The molecule has 1 aromatic carbocycles. The van der Waals surface area contributed by atoms with E-state index in [0.717, 1.165) is 38.2 Å². The number of rotatable bonds is 6. The fraction of sp³-hybridized carbons (Fsp3) is 0.647. The summed E-state index contributed by atoms with van der Waals surface area (Å²) in [4.78, 5) is 0. The van der Waals surface area contributed by atoms with E-state index in [2.05, 4.69) is 32.0 Å². The van der Waals surface area contributed by atoms with Gasteiger partial charge in [-0.25, -0.2) is 0 Å². The first-order valence-electron chi connectivity index (χ1n) is 7.68. The lowest BCUT2D eigenvalue weighted by molar-refractivity contribution is 0.288. The van der Waals surface area contributed by atoms with Crippen molar-refractivity contribution >= 4 is 0 Å². The summed E-state index contributed by atoms with van der Waals surface area (Å²) in [5.41, 5.74) is 8.48. The van der Waals surface area contributed by atoms with Crippen LogP contribution in [0.1, 0.15) is 56.6 Å². The van der Waals surface area contributed by atoms with Crippen LogP contribution in [-0.2, 0) is 6.42 Å². The molecule has 1 aliphatic rings. The van der Waals surface area contributed by atoms with Crippen LogP contribution in [0.15, 0.2) is 18.2 Å². The molecule has 0 aliphatic carbocycles. The van der Waals surface area contributed by atoms with Crippen molar-refractivity contribution in [1.29, 1.82) is 0 Å². The summed E-state index contributed by atoms with van der Waals surface area (Å²) in [6, 6.07) is 6.81. The molecule has 0 radical (unpaired) electrons. The minimum atomic E-state index is 0.652. The average Bonchev–Trinajstić information content (AvgIpc) is 2.43. The van der Waals surface area contributed by atoms with Crippen molar-refractivity contribution in [2.75, 3.05) is 13.2 Å². The van der Waals surface area contributed by atoms with Crippen molar-refractivity contribution in [2.24, 2.45) is 11.7 Å². The molecule has 1 heterocycles. The molecule has 0 saturated heterocycles. The van der Waals surface area contributed by atoms with Gasteiger partial charge >= 0.3 is 0 Å². The minimum Gasteiger partial charge on any atom is -0.493 e. The molecule has 0 bridgehead atoms. The molecular weight excluding hydrogens is 234 g/mol. The molecule has 0 spiro atoms. The van der Waals surface area contributed by atoms with Crippen LogP contribution in [-0.4, -0.2) is 13.2 Å². The molecule has 0 amide bonds. The van der Waals surface area contributed by atoms with Gasteiger partial charge in [-0.2, -0.15) is 0 Å². The number of unbranched alkanes of at least 4 members (excludes halogenated alkanes) is 1. The summed E-state index contributed by atoms with van der Waals surface area (Å²) in [5.74, 6) is 2.43. The van der Waals surface area contributed by atoms with Crippen LogP contribution in [0.3, 0.4) is 0 Å². The topological polar surface area (TPSA) is 35.2 Å². The van der Waals surface area contributed by atoms with Crippen molar-refractivity contribution in [3.63, 3.8) is 0 Å². The van der Waals surface area contributed by atoms with Gasteiger partial charge in [0.05, 0.1) is 6.61 Å². The van der Waals surface area contributed by atoms with E-state index in [0.29, 0.717) is 11.8 Å². The normalized spacial score (nSPS) is 16.0. The van der Waals surface area contributed by atoms with Crippen LogP contribution < -0.4 is 10.5 Å². The van der Waals surface area contributed by atoms with Crippen LogP contribution in [0.2, 0.25) is 0 Å². The second-order valence-electron chi connectivity index (χ2n) is 5.95. The Kier molecular flexibility index (Phi) is 5.26. The maximum Gasteiger partial charge on any atom is 0.122 e. The zero-order valence-electron chi connectivity index (χ0n) is 12.3. The highest BCUT2D eigenvalue weighted by atomic mass is 16.5. The van der Waals surface area contributed by atoms with Crippen LogP contribution in [0, 0.1) is 5.92 Å². The predicted octanol–water partition coefficient (Wildman–Crippen LogP) is 3.88. The number of benzene rings is 1. The van der Waals surface area contributed by atoms with Gasteiger partial charge in [-0.1, -0.05) is 32.4 Å². The van der Waals surface area contributed by atoms with E-state index in [-0.39, 0.29) is 0 Å². The first kappa shape index (κ1) is 14.4. The fourth-order valence-electron chi connectivity index (χ4n) is 3.00. The van der Waals surface area contributed by atoms with Gasteiger partial charge in [0.15, 0.2) is 0 Å². The molecule has 2 rings (SSSR count). The van der Waals surface area contributed by atoms with Gasteiger partial charge in [0.1, 0.15) is 5.75 Å². The summed E-state index contributed by atoms with van der Waals surface area (Å²) in [6.07, 6.45) is 5.92. The van der Waals surface area contributed by atoms with E-state index in [9.17, 15) is 0 Å². The number of aryl methyl sites for hydroxylation is 1. The van der Waals surface area contributed by atoms with Gasteiger partial charge < -0.3 is 10.5 Å². The first-order valence-corrected chi connectivity index (χ1v) is 7.68. The molecule has 1 unspecified atom stereocenters. The molecule has 2 nitrogen and oxygen atoms in total. The third kappa shape index (κ3) is 3.73. The lowest BCUT2D eigenvalue weighted by Crippen LogP contribution is -2.12. The van der Waals surface area contributed by atoms with Crippen molar-refractivity contribution < 1.29 is 4.74 Å². The fourth-order valence-corrected chi connectivity index (χ4v) is 3.00. The highest BCUT2D eigenvalue weighted by molar-refractivity contribution is 5.39. The maximum atomic E-state index is 5.70. The second kappa shape index (κ2) is 6.95. The van der Waals surface area contributed by atoms with Crippen molar-refractivity contribution in [3.8, 4) is 5.75 Å². The Bertz CT molecular complexity index is 400. The quantitative estimate of drug-likeness (QED) is 0.789. The Labute approximate surface area is 117 Å². The van der Waals surface area contributed by atoms with Gasteiger partial charge in [0, 0.05) is 0 Å². The Hall–Kier alpha value is -1.02. The SMILES string of the molecule is CC(C)C(CCCCN)c1ccc2c(c1)CCCO2.